The van der Waals surface area contributed by atoms with Crippen molar-refractivity contribution in [2.24, 2.45) is 0 Å². The van der Waals surface area contributed by atoms with Crippen molar-refractivity contribution in [2.75, 3.05) is 17.7 Å². The second-order valence-corrected chi connectivity index (χ2v) is 8.45. The van der Waals surface area contributed by atoms with Crippen LogP contribution in [0.1, 0.15) is 25.3 Å². The Morgan fingerprint density at radius 3 is 2.75 bits per heavy atom. The number of halogens is 1. The zero-order chi connectivity index (χ0) is 17.4. The van der Waals surface area contributed by atoms with Gasteiger partial charge in [0.15, 0.2) is 14.9 Å². The van der Waals surface area contributed by atoms with E-state index in [1.54, 1.807) is 12.1 Å². The molecule has 7 heteroatoms. The fraction of sp³-hybridized carbons (Fsp3) is 0.412. The molecule has 0 amide bonds. The molecular formula is C17H20FN3O2S. The van der Waals surface area contributed by atoms with Crippen molar-refractivity contribution >= 4 is 15.8 Å². The molecule has 24 heavy (non-hydrogen) atoms. The number of anilines is 1. The second kappa shape index (κ2) is 6.12. The van der Waals surface area contributed by atoms with Crippen molar-refractivity contribution in [3.8, 4) is 0 Å². The first kappa shape index (κ1) is 16.8. The molecule has 0 N–H and O–H groups in total. The maximum absolute atomic E-state index is 14.0. The lowest BCUT2D eigenvalue weighted by Gasteiger charge is -2.35. The molecular weight excluding hydrogens is 329 g/mol. The smallest absolute Gasteiger partial charge is 0.226 e. The van der Waals surface area contributed by atoms with Gasteiger partial charge in [-0.25, -0.2) is 22.8 Å². The zero-order valence-electron chi connectivity index (χ0n) is 13.7. The maximum Gasteiger partial charge on any atom is 0.226 e. The van der Waals surface area contributed by atoms with Crippen LogP contribution in [0.2, 0.25) is 0 Å². The summed E-state index contributed by atoms with van der Waals surface area (Å²) >= 11 is 0. The molecule has 0 saturated carbocycles. The summed E-state index contributed by atoms with van der Waals surface area (Å²) in [5, 5.41) is 0.00708. The van der Waals surface area contributed by atoms with Gasteiger partial charge in [0.1, 0.15) is 5.82 Å². The molecule has 1 aliphatic rings. The van der Waals surface area contributed by atoms with Crippen LogP contribution in [0, 0.1) is 5.82 Å². The maximum atomic E-state index is 14.0. The van der Waals surface area contributed by atoms with E-state index in [1.165, 1.54) is 18.3 Å². The molecule has 0 bridgehead atoms. The number of rotatable bonds is 4. The van der Waals surface area contributed by atoms with Gasteiger partial charge in [0.2, 0.25) is 5.95 Å². The van der Waals surface area contributed by atoms with Gasteiger partial charge in [0.05, 0.1) is 0 Å². The number of hydrogen-bond donors (Lipinski definition) is 0. The number of hydrogen-bond acceptors (Lipinski definition) is 5. The number of nitrogens with zero attached hydrogens (tertiary/aromatic N) is 3. The molecule has 128 valence electrons. The van der Waals surface area contributed by atoms with Gasteiger partial charge < -0.3 is 4.90 Å². The highest BCUT2D eigenvalue weighted by atomic mass is 32.2. The summed E-state index contributed by atoms with van der Waals surface area (Å²) in [7, 11) is -3.40. The lowest BCUT2D eigenvalue weighted by Crippen LogP contribution is -2.44. The summed E-state index contributed by atoms with van der Waals surface area (Å²) in [6.45, 7) is 2.76. The minimum absolute atomic E-state index is 0.00708. The molecule has 2 aromatic rings. The molecule has 1 aromatic carbocycles. The van der Waals surface area contributed by atoms with Crippen LogP contribution in [0.5, 0.6) is 0 Å². The Morgan fingerprint density at radius 2 is 2.04 bits per heavy atom. The zero-order valence-corrected chi connectivity index (χ0v) is 14.6. The van der Waals surface area contributed by atoms with Gasteiger partial charge >= 0.3 is 0 Å². The summed E-state index contributed by atoms with van der Waals surface area (Å²) in [4.78, 5) is 10.5. The van der Waals surface area contributed by atoms with Crippen LogP contribution in [0.4, 0.5) is 10.3 Å². The summed E-state index contributed by atoms with van der Waals surface area (Å²) in [6.07, 6.45) is 4.90. The first-order valence-electron chi connectivity index (χ1n) is 7.84. The number of sulfone groups is 1. The predicted octanol–water partition coefficient (Wildman–Crippen LogP) is 2.62. The molecule has 0 spiro atoms. The Labute approximate surface area is 141 Å². The van der Waals surface area contributed by atoms with E-state index in [9.17, 15) is 12.8 Å². The largest absolute Gasteiger partial charge is 0.335 e. The van der Waals surface area contributed by atoms with Gasteiger partial charge in [0.25, 0.3) is 0 Å². The summed E-state index contributed by atoms with van der Waals surface area (Å²) < 4.78 is 37.5. The number of benzene rings is 1. The standard InChI is InChI=1S/C17H20FN3O2S/c1-17(12-13-6-3-4-7-14(13)18)9-5-11-21(17)16-19-10-8-15(20-16)24(2,22)23/h3-4,6-8,10H,5,9,11-12H2,1-2H3. The Morgan fingerprint density at radius 1 is 1.29 bits per heavy atom. The fourth-order valence-electron chi connectivity index (χ4n) is 3.27. The molecule has 3 rings (SSSR count). The van der Waals surface area contributed by atoms with Crippen molar-refractivity contribution in [2.45, 2.75) is 36.8 Å². The van der Waals surface area contributed by atoms with Crippen LogP contribution in [-0.4, -0.2) is 36.7 Å². The van der Waals surface area contributed by atoms with Gasteiger partial charge in [-0.15, -0.1) is 0 Å². The highest BCUT2D eigenvalue weighted by Crippen LogP contribution is 2.35. The van der Waals surface area contributed by atoms with E-state index in [0.717, 1.165) is 25.6 Å². The fourth-order valence-corrected chi connectivity index (χ4v) is 3.82. The summed E-state index contributed by atoms with van der Waals surface area (Å²) in [5.74, 6) is 0.158. The average molecular weight is 349 g/mol. The van der Waals surface area contributed by atoms with Crippen LogP contribution in [0.15, 0.2) is 41.6 Å². The molecule has 1 atom stereocenters. The van der Waals surface area contributed by atoms with Gasteiger partial charge in [0, 0.05) is 24.5 Å². The monoisotopic (exact) mass is 349 g/mol. The van der Waals surface area contributed by atoms with Gasteiger partial charge in [-0.05, 0) is 43.9 Å². The minimum atomic E-state index is -3.40. The van der Waals surface area contributed by atoms with E-state index < -0.39 is 9.84 Å². The van der Waals surface area contributed by atoms with E-state index >= 15 is 0 Å². The van der Waals surface area contributed by atoms with Gasteiger partial charge in [-0.3, -0.25) is 0 Å². The van der Waals surface area contributed by atoms with Gasteiger partial charge in [-0.1, -0.05) is 18.2 Å². The molecule has 1 aromatic heterocycles. The Balaban J connectivity index is 1.94. The normalized spacial score (nSPS) is 21.2. The lowest BCUT2D eigenvalue weighted by atomic mass is 9.90. The van der Waals surface area contributed by atoms with E-state index in [4.69, 9.17) is 0 Å². The van der Waals surface area contributed by atoms with E-state index in [0.29, 0.717) is 17.9 Å². The van der Waals surface area contributed by atoms with Crippen LogP contribution >= 0.6 is 0 Å². The highest BCUT2D eigenvalue weighted by molar-refractivity contribution is 7.90. The van der Waals surface area contributed by atoms with Crippen molar-refractivity contribution in [3.05, 3.63) is 47.9 Å². The lowest BCUT2D eigenvalue weighted by molar-refractivity contribution is 0.446. The first-order chi connectivity index (χ1) is 11.3. The van der Waals surface area contributed by atoms with Crippen LogP contribution in [0.25, 0.3) is 0 Å². The summed E-state index contributed by atoms with van der Waals surface area (Å²) in [5.41, 5.74) is 0.296. The van der Waals surface area contributed by atoms with Crippen LogP contribution < -0.4 is 4.90 Å². The van der Waals surface area contributed by atoms with Crippen molar-refractivity contribution in [1.29, 1.82) is 0 Å². The number of aromatic nitrogens is 2. The minimum Gasteiger partial charge on any atom is -0.335 e. The molecule has 0 aliphatic carbocycles. The molecule has 0 radical (unpaired) electrons. The quantitative estimate of drug-likeness (QED) is 0.794. The third-order valence-corrected chi connectivity index (χ3v) is 5.50. The Kier molecular flexibility index (Phi) is 4.29. The van der Waals surface area contributed by atoms with Crippen LogP contribution in [0.3, 0.4) is 0 Å². The highest BCUT2D eigenvalue weighted by Gasteiger charge is 2.39. The third-order valence-electron chi connectivity index (χ3n) is 4.52. The molecule has 1 aliphatic heterocycles. The first-order valence-corrected chi connectivity index (χ1v) is 9.73. The molecule has 2 heterocycles. The second-order valence-electron chi connectivity index (χ2n) is 6.49. The molecule has 1 unspecified atom stereocenters. The molecule has 1 fully saturated rings. The van der Waals surface area contributed by atoms with Crippen molar-refractivity contribution in [3.63, 3.8) is 0 Å². The SMILES string of the molecule is CC1(Cc2ccccc2F)CCCN1c1nccc(S(C)(=O)=O)n1. The molecule has 5 nitrogen and oxygen atoms in total. The van der Waals surface area contributed by atoms with E-state index in [1.807, 2.05) is 17.9 Å². The van der Waals surface area contributed by atoms with E-state index in [2.05, 4.69) is 9.97 Å². The Bertz CT molecular complexity index is 856. The topological polar surface area (TPSA) is 63.2 Å². The Hall–Kier alpha value is -2.02. The third kappa shape index (κ3) is 3.26. The van der Waals surface area contributed by atoms with Crippen molar-refractivity contribution < 1.29 is 12.8 Å². The summed E-state index contributed by atoms with van der Waals surface area (Å²) in [6, 6.07) is 8.13. The van der Waals surface area contributed by atoms with E-state index in [-0.39, 0.29) is 16.4 Å². The van der Waals surface area contributed by atoms with Crippen molar-refractivity contribution in [1.82, 2.24) is 9.97 Å². The van der Waals surface area contributed by atoms with Crippen LogP contribution in [-0.2, 0) is 16.3 Å². The molecule has 1 saturated heterocycles. The van der Waals surface area contributed by atoms with Gasteiger partial charge in [-0.2, -0.15) is 0 Å². The predicted molar refractivity (Wildman–Crippen MR) is 90.2 cm³/mol. The average Bonchev–Trinajstić information content (AvgIpc) is 2.90.